The lowest BCUT2D eigenvalue weighted by Gasteiger charge is -2.16. The Morgan fingerprint density at radius 3 is 2.52 bits per heavy atom. The number of nitrogens with zero attached hydrogens (tertiary/aromatic N) is 3. The molecule has 42 heavy (non-hydrogen) atoms. The first kappa shape index (κ1) is 29.3. The Hall–Kier alpha value is -4.18. The van der Waals surface area contributed by atoms with Crippen LogP contribution < -0.4 is 4.74 Å². The Balaban J connectivity index is 1.58. The topological polar surface area (TPSA) is 93.8 Å². The van der Waals surface area contributed by atoms with Gasteiger partial charge in [-0.3, -0.25) is 9.48 Å². The molecule has 10 heteroatoms. The third kappa shape index (κ3) is 5.76. The second kappa shape index (κ2) is 12.8. The van der Waals surface area contributed by atoms with Crippen LogP contribution in [0, 0.1) is 5.82 Å². The van der Waals surface area contributed by atoms with Crippen LogP contribution in [0.15, 0.2) is 36.4 Å². The number of carbonyl (C=O) groups excluding carboxylic acids is 2. The summed E-state index contributed by atoms with van der Waals surface area (Å²) in [5, 5.41) is 5.62. The molecule has 4 aromatic rings. The van der Waals surface area contributed by atoms with Gasteiger partial charge in [-0.2, -0.15) is 5.10 Å². The van der Waals surface area contributed by atoms with Gasteiger partial charge in [-0.05, 0) is 67.5 Å². The highest BCUT2D eigenvalue weighted by atomic mass is 19.1. The van der Waals surface area contributed by atoms with E-state index in [4.69, 9.17) is 24.0 Å². The molecule has 0 unspecified atom stereocenters. The Bertz CT molecular complexity index is 1610. The standard InChI is InChI=1S/C32H36FN3O6/c1-20(37)42-17-7-8-23-24-14-15-25(33)28(30(24)35(2)31(23)32(38)40-4)29-26(34-36-16-6-5-9-27(29)36)19-41-18-21-10-12-22(39-3)13-11-21/h10-15H,5-9,16-19H2,1-4H3. The number of ether oxygens (including phenoxy) is 4. The SMILES string of the molecule is COC(=O)c1c(CCCOC(C)=O)c2ccc(F)c(-c3c(COCc4ccc(OC)cc4)nn4c3CCCC4)c2n1C. The quantitative estimate of drug-likeness (QED) is 0.171. The molecule has 2 aromatic carbocycles. The molecule has 5 rings (SSSR count). The molecule has 1 aliphatic rings. The van der Waals surface area contributed by atoms with E-state index < -0.39 is 11.8 Å². The summed E-state index contributed by atoms with van der Waals surface area (Å²) in [7, 11) is 4.71. The molecule has 1 aliphatic heterocycles. The summed E-state index contributed by atoms with van der Waals surface area (Å²) in [5.41, 5.74) is 5.39. The number of carbonyl (C=O) groups is 2. The molecule has 2 aromatic heterocycles. The van der Waals surface area contributed by atoms with E-state index in [1.165, 1.54) is 20.1 Å². The van der Waals surface area contributed by atoms with E-state index in [2.05, 4.69) is 0 Å². The van der Waals surface area contributed by atoms with Crippen molar-refractivity contribution in [3.63, 3.8) is 0 Å². The second-order valence-corrected chi connectivity index (χ2v) is 10.4. The van der Waals surface area contributed by atoms with E-state index in [9.17, 15) is 9.59 Å². The molecule has 3 heterocycles. The maximum Gasteiger partial charge on any atom is 0.354 e. The molecule has 222 valence electrons. The molecule has 0 saturated heterocycles. The molecule has 0 fully saturated rings. The van der Waals surface area contributed by atoms with Crippen LogP contribution in [0.5, 0.6) is 5.75 Å². The Labute approximate surface area is 244 Å². The number of aryl methyl sites for hydroxylation is 3. The molecule has 0 bridgehead atoms. The summed E-state index contributed by atoms with van der Waals surface area (Å²) in [6.07, 6.45) is 3.69. The van der Waals surface area contributed by atoms with E-state index >= 15 is 4.39 Å². The summed E-state index contributed by atoms with van der Waals surface area (Å²) in [6.45, 7) is 2.88. The monoisotopic (exact) mass is 577 g/mol. The smallest absolute Gasteiger partial charge is 0.354 e. The van der Waals surface area contributed by atoms with Gasteiger partial charge in [0.05, 0.1) is 45.3 Å². The fourth-order valence-corrected chi connectivity index (χ4v) is 5.83. The molecular weight excluding hydrogens is 541 g/mol. The molecule has 0 spiro atoms. The summed E-state index contributed by atoms with van der Waals surface area (Å²) < 4.78 is 41.3. The van der Waals surface area contributed by atoms with Crippen molar-refractivity contribution in [3.8, 4) is 16.9 Å². The van der Waals surface area contributed by atoms with Crippen molar-refractivity contribution in [2.75, 3.05) is 20.8 Å². The first-order valence-electron chi connectivity index (χ1n) is 14.1. The van der Waals surface area contributed by atoms with Gasteiger partial charge in [0.15, 0.2) is 0 Å². The van der Waals surface area contributed by atoms with Crippen molar-refractivity contribution in [3.05, 3.63) is 70.4 Å². The molecule has 0 amide bonds. The molecule has 0 atom stereocenters. The van der Waals surface area contributed by atoms with Gasteiger partial charge in [0.2, 0.25) is 0 Å². The van der Waals surface area contributed by atoms with Crippen LogP contribution in [0.25, 0.3) is 22.0 Å². The van der Waals surface area contributed by atoms with Crippen molar-refractivity contribution in [1.29, 1.82) is 0 Å². The maximum atomic E-state index is 16.0. The van der Waals surface area contributed by atoms with E-state index in [1.807, 2.05) is 28.9 Å². The highest BCUT2D eigenvalue weighted by Gasteiger charge is 2.30. The number of methoxy groups -OCH3 is 2. The number of esters is 2. The first-order chi connectivity index (χ1) is 20.3. The largest absolute Gasteiger partial charge is 0.497 e. The van der Waals surface area contributed by atoms with Crippen LogP contribution >= 0.6 is 0 Å². The van der Waals surface area contributed by atoms with Crippen LogP contribution in [0.4, 0.5) is 4.39 Å². The van der Waals surface area contributed by atoms with Crippen molar-refractivity contribution >= 4 is 22.8 Å². The molecule has 0 radical (unpaired) electrons. The van der Waals surface area contributed by atoms with E-state index in [1.54, 1.807) is 24.8 Å². The number of fused-ring (bicyclic) bond motifs is 2. The average molecular weight is 578 g/mol. The normalized spacial score (nSPS) is 12.8. The van der Waals surface area contributed by atoms with Crippen LogP contribution in [-0.4, -0.2) is 47.1 Å². The zero-order valence-corrected chi connectivity index (χ0v) is 24.5. The Morgan fingerprint density at radius 1 is 1.02 bits per heavy atom. The number of hydrogen-bond donors (Lipinski definition) is 0. The van der Waals surface area contributed by atoms with E-state index in [0.29, 0.717) is 41.9 Å². The van der Waals surface area contributed by atoms with E-state index in [-0.39, 0.29) is 19.2 Å². The fraction of sp³-hybridized carbons (Fsp3) is 0.406. The number of halogens is 1. The third-order valence-corrected chi connectivity index (χ3v) is 7.74. The predicted molar refractivity (Wildman–Crippen MR) is 155 cm³/mol. The van der Waals surface area contributed by atoms with Gasteiger partial charge in [-0.1, -0.05) is 12.1 Å². The zero-order valence-electron chi connectivity index (χ0n) is 24.5. The molecular formula is C32H36FN3O6. The zero-order chi connectivity index (χ0) is 29.8. The van der Waals surface area contributed by atoms with Crippen LogP contribution in [0.2, 0.25) is 0 Å². The van der Waals surface area contributed by atoms with Crippen LogP contribution in [0.1, 0.15) is 59.2 Å². The number of rotatable bonds is 11. The minimum atomic E-state index is -0.511. The van der Waals surface area contributed by atoms with Crippen LogP contribution in [0.3, 0.4) is 0 Å². The highest BCUT2D eigenvalue weighted by Crippen LogP contribution is 2.41. The molecule has 0 N–H and O–H groups in total. The maximum absolute atomic E-state index is 16.0. The van der Waals surface area contributed by atoms with Crippen LogP contribution in [-0.2, 0) is 58.7 Å². The van der Waals surface area contributed by atoms with Crippen molar-refractivity contribution in [1.82, 2.24) is 14.3 Å². The van der Waals surface area contributed by atoms with Gasteiger partial charge in [0.25, 0.3) is 0 Å². The summed E-state index contributed by atoms with van der Waals surface area (Å²) in [4.78, 5) is 24.3. The van der Waals surface area contributed by atoms with Gasteiger partial charge in [0.1, 0.15) is 17.3 Å². The average Bonchev–Trinajstić information content (AvgIpc) is 3.49. The lowest BCUT2D eigenvalue weighted by atomic mass is 9.95. The molecule has 0 aliphatic carbocycles. The Morgan fingerprint density at radius 2 is 1.81 bits per heavy atom. The molecule has 9 nitrogen and oxygen atoms in total. The van der Waals surface area contributed by atoms with Crippen molar-refractivity contribution in [2.45, 2.75) is 58.8 Å². The van der Waals surface area contributed by atoms with Gasteiger partial charge >= 0.3 is 11.9 Å². The lowest BCUT2D eigenvalue weighted by molar-refractivity contribution is -0.141. The van der Waals surface area contributed by atoms with Crippen molar-refractivity contribution < 1.29 is 32.9 Å². The summed E-state index contributed by atoms with van der Waals surface area (Å²) >= 11 is 0. The molecule has 0 saturated carbocycles. The summed E-state index contributed by atoms with van der Waals surface area (Å²) in [5.74, 6) is -0.504. The number of benzene rings is 2. The number of aromatic nitrogens is 3. The van der Waals surface area contributed by atoms with Gasteiger partial charge in [-0.15, -0.1) is 0 Å². The van der Waals surface area contributed by atoms with Gasteiger partial charge in [0, 0.05) is 42.7 Å². The minimum Gasteiger partial charge on any atom is -0.497 e. The van der Waals surface area contributed by atoms with Gasteiger partial charge < -0.3 is 23.5 Å². The summed E-state index contributed by atoms with van der Waals surface area (Å²) in [6, 6.07) is 10.8. The van der Waals surface area contributed by atoms with E-state index in [0.717, 1.165) is 59.3 Å². The highest BCUT2D eigenvalue weighted by molar-refractivity contribution is 6.05. The number of hydrogen-bond acceptors (Lipinski definition) is 7. The minimum absolute atomic E-state index is 0.195. The third-order valence-electron chi connectivity index (χ3n) is 7.74. The fourth-order valence-electron chi connectivity index (χ4n) is 5.83. The first-order valence-corrected chi connectivity index (χ1v) is 14.1. The van der Waals surface area contributed by atoms with Crippen molar-refractivity contribution in [2.24, 2.45) is 7.05 Å². The Kier molecular flexibility index (Phi) is 8.91. The second-order valence-electron chi connectivity index (χ2n) is 10.4. The van der Waals surface area contributed by atoms with Gasteiger partial charge in [-0.25, -0.2) is 9.18 Å². The predicted octanol–water partition coefficient (Wildman–Crippen LogP) is 5.52. The lowest BCUT2D eigenvalue weighted by Crippen LogP contribution is -2.12.